The van der Waals surface area contributed by atoms with Crippen LogP contribution in [0.15, 0.2) is 36.8 Å². The summed E-state index contributed by atoms with van der Waals surface area (Å²) in [4.78, 5) is 0. The van der Waals surface area contributed by atoms with E-state index in [2.05, 4.69) is 10.9 Å². The molecule has 0 amide bonds. The van der Waals surface area contributed by atoms with Crippen molar-refractivity contribution in [2.24, 2.45) is 0 Å². The third-order valence-electron chi connectivity index (χ3n) is 1.05. The molecule has 0 spiro atoms. The van der Waals surface area contributed by atoms with E-state index < -0.39 is 0 Å². The molecule has 0 aromatic carbocycles. The highest BCUT2D eigenvalue weighted by molar-refractivity contribution is 5.67. The Balaban J connectivity index is 3.24. The van der Waals surface area contributed by atoms with E-state index in [1.807, 2.05) is 6.08 Å². The van der Waals surface area contributed by atoms with Crippen molar-refractivity contribution in [3.8, 4) is 0 Å². The highest BCUT2D eigenvalue weighted by Gasteiger charge is 1.72. The minimum atomic E-state index is 0.687. The van der Waals surface area contributed by atoms with Crippen molar-refractivity contribution in [1.29, 1.82) is 5.41 Å². The van der Waals surface area contributed by atoms with Crippen molar-refractivity contribution in [3.05, 3.63) is 36.8 Å². The lowest BCUT2D eigenvalue weighted by Gasteiger charge is -1.97. The Morgan fingerprint density at radius 3 is 2.85 bits per heavy atom. The first-order valence-corrected chi connectivity index (χ1v) is 3.90. The molecule has 0 aromatic rings. The molecule has 0 radical (unpaired) electrons. The van der Waals surface area contributed by atoms with Crippen molar-refractivity contribution in [2.75, 3.05) is 13.7 Å². The minimum absolute atomic E-state index is 0.687. The third-order valence-corrected chi connectivity index (χ3v) is 1.05. The van der Waals surface area contributed by atoms with Gasteiger partial charge in [0.05, 0.1) is 13.4 Å². The molecule has 0 saturated carbocycles. The first-order valence-electron chi connectivity index (χ1n) is 3.90. The summed E-state index contributed by atoms with van der Waals surface area (Å²) in [5.74, 6) is 0. The lowest BCUT2D eigenvalue weighted by molar-refractivity contribution is 0.336. The van der Waals surface area contributed by atoms with Gasteiger partial charge < -0.3 is 15.6 Å². The van der Waals surface area contributed by atoms with Gasteiger partial charge in [0.1, 0.15) is 0 Å². The van der Waals surface area contributed by atoms with Crippen LogP contribution in [0.2, 0.25) is 0 Å². The van der Waals surface area contributed by atoms with Crippen LogP contribution in [0.3, 0.4) is 0 Å². The van der Waals surface area contributed by atoms with Crippen molar-refractivity contribution in [3.63, 3.8) is 0 Å². The maximum atomic E-state index is 6.69. The molecule has 0 aliphatic carbocycles. The topological polar surface area (TPSA) is 57.1 Å². The summed E-state index contributed by atoms with van der Waals surface area (Å²) < 4.78 is 4.70. The molecule has 0 aromatic heterocycles. The molecule has 0 unspecified atom stereocenters. The lowest BCUT2D eigenvalue weighted by atomic mass is 10.5. The van der Waals surface area contributed by atoms with Crippen molar-refractivity contribution >= 4 is 6.21 Å². The molecular formula is C9H15N3O. The molecule has 0 bridgehead atoms. The van der Waals surface area contributed by atoms with Gasteiger partial charge in [-0.15, -0.1) is 0 Å². The van der Waals surface area contributed by atoms with Crippen molar-refractivity contribution < 1.29 is 4.74 Å². The third kappa shape index (κ3) is 10.5. The smallest absolute Gasteiger partial charge is 0.0798 e. The van der Waals surface area contributed by atoms with Crippen LogP contribution in [0.25, 0.3) is 0 Å². The van der Waals surface area contributed by atoms with Gasteiger partial charge in [-0.25, -0.2) is 5.43 Å². The average molecular weight is 181 g/mol. The lowest BCUT2D eigenvalue weighted by Crippen LogP contribution is -2.26. The van der Waals surface area contributed by atoms with E-state index in [-0.39, 0.29) is 0 Å². The molecular weight excluding hydrogens is 166 g/mol. The van der Waals surface area contributed by atoms with E-state index in [4.69, 9.17) is 10.1 Å². The van der Waals surface area contributed by atoms with Crippen LogP contribution < -0.4 is 10.9 Å². The summed E-state index contributed by atoms with van der Waals surface area (Å²) >= 11 is 0. The summed E-state index contributed by atoms with van der Waals surface area (Å²) in [6.45, 7) is 0.687. The maximum Gasteiger partial charge on any atom is 0.0798 e. The normalized spacial score (nSPS) is 11.5. The average Bonchev–Trinajstić information content (AvgIpc) is 2.16. The first kappa shape index (κ1) is 11.4. The van der Waals surface area contributed by atoms with E-state index in [0.717, 1.165) is 0 Å². The van der Waals surface area contributed by atoms with Gasteiger partial charge in [0, 0.05) is 19.0 Å². The van der Waals surface area contributed by atoms with Crippen LogP contribution in [0.5, 0.6) is 0 Å². The minimum Gasteiger partial charge on any atom is -0.505 e. The number of nitrogens with one attached hydrogen (secondary N) is 3. The summed E-state index contributed by atoms with van der Waals surface area (Å²) in [7, 11) is 1.60. The van der Waals surface area contributed by atoms with Gasteiger partial charge in [-0.3, -0.25) is 0 Å². The second-order valence-corrected chi connectivity index (χ2v) is 2.04. The number of rotatable bonds is 7. The fraction of sp³-hybridized carbons (Fsp3) is 0.222. The number of allylic oxidation sites excluding steroid dienone is 3. The predicted octanol–water partition coefficient (Wildman–Crippen LogP) is 0.960. The molecule has 0 atom stereocenters. The maximum absolute atomic E-state index is 6.69. The number of ether oxygens (including phenoxy) is 1. The SMILES string of the molecule is CO/C=C/CNN/C=C/C=C\C=N. The van der Waals surface area contributed by atoms with Crippen molar-refractivity contribution in [2.45, 2.75) is 0 Å². The summed E-state index contributed by atoms with van der Waals surface area (Å²) in [5.41, 5.74) is 5.74. The summed E-state index contributed by atoms with van der Waals surface area (Å²) in [6, 6.07) is 0. The van der Waals surface area contributed by atoms with Crippen LogP contribution in [-0.2, 0) is 4.74 Å². The van der Waals surface area contributed by atoms with Gasteiger partial charge in [0.15, 0.2) is 0 Å². The number of hydrogen-bond donors (Lipinski definition) is 3. The highest BCUT2D eigenvalue weighted by atomic mass is 16.5. The zero-order chi connectivity index (χ0) is 9.78. The first-order chi connectivity index (χ1) is 6.41. The van der Waals surface area contributed by atoms with Crippen LogP contribution in [0, 0.1) is 5.41 Å². The Morgan fingerprint density at radius 1 is 1.31 bits per heavy atom. The van der Waals surface area contributed by atoms with Crippen LogP contribution >= 0.6 is 0 Å². The number of hydrogen-bond acceptors (Lipinski definition) is 4. The molecule has 0 saturated heterocycles. The molecule has 4 nitrogen and oxygen atoms in total. The van der Waals surface area contributed by atoms with Gasteiger partial charge >= 0.3 is 0 Å². The Morgan fingerprint density at radius 2 is 2.15 bits per heavy atom. The van der Waals surface area contributed by atoms with Crippen LogP contribution in [-0.4, -0.2) is 19.9 Å². The van der Waals surface area contributed by atoms with Gasteiger partial charge in [0.25, 0.3) is 0 Å². The molecule has 4 heteroatoms. The zero-order valence-electron chi connectivity index (χ0n) is 7.66. The van der Waals surface area contributed by atoms with E-state index >= 15 is 0 Å². The van der Waals surface area contributed by atoms with E-state index in [1.54, 1.807) is 37.8 Å². The summed E-state index contributed by atoms with van der Waals surface area (Å²) in [5, 5.41) is 6.69. The fourth-order valence-corrected chi connectivity index (χ4v) is 0.544. The van der Waals surface area contributed by atoms with Gasteiger partial charge in [0.2, 0.25) is 0 Å². The van der Waals surface area contributed by atoms with Gasteiger partial charge in [-0.1, -0.05) is 6.08 Å². The van der Waals surface area contributed by atoms with Crippen molar-refractivity contribution in [1.82, 2.24) is 10.9 Å². The quantitative estimate of drug-likeness (QED) is 0.180. The highest BCUT2D eigenvalue weighted by Crippen LogP contribution is 1.71. The predicted molar refractivity (Wildman–Crippen MR) is 54.4 cm³/mol. The molecule has 0 rings (SSSR count). The molecule has 0 heterocycles. The molecule has 13 heavy (non-hydrogen) atoms. The number of hydrazine groups is 1. The second kappa shape index (κ2) is 10.5. The Hall–Kier alpha value is -1.55. The molecule has 0 aliphatic heterocycles. The fourth-order valence-electron chi connectivity index (χ4n) is 0.544. The largest absolute Gasteiger partial charge is 0.505 e. The Bertz CT molecular complexity index is 197. The monoisotopic (exact) mass is 181 g/mol. The van der Waals surface area contributed by atoms with E-state index in [0.29, 0.717) is 6.54 Å². The van der Waals surface area contributed by atoms with Crippen LogP contribution in [0.4, 0.5) is 0 Å². The molecule has 0 aliphatic rings. The van der Waals surface area contributed by atoms with Crippen LogP contribution in [0.1, 0.15) is 0 Å². The zero-order valence-corrected chi connectivity index (χ0v) is 7.66. The molecule has 72 valence electrons. The standard InChI is InChI=1S/C9H15N3O/c1-13-9-5-8-12-11-7-4-2-3-6-10/h2-7,9-12H,8H2,1H3/b3-2-,7-4+,9-5+,10-6?. The molecule has 0 fully saturated rings. The van der Waals surface area contributed by atoms with Gasteiger partial charge in [-0.05, 0) is 18.2 Å². The number of methoxy groups -OCH3 is 1. The van der Waals surface area contributed by atoms with E-state index in [9.17, 15) is 0 Å². The Labute approximate surface area is 78.5 Å². The summed E-state index contributed by atoms with van der Waals surface area (Å²) in [6.07, 6.45) is 11.6. The van der Waals surface area contributed by atoms with E-state index in [1.165, 1.54) is 6.21 Å². The van der Waals surface area contributed by atoms with Gasteiger partial charge in [-0.2, -0.15) is 0 Å². The Kier molecular flexibility index (Phi) is 9.20. The second-order valence-electron chi connectivity index (χ2n) is 2.04. The molecule has 3 N–H and O–H groups in total.